The van der Waals surface area contributed by atoms with Crippen LogP contribution in [0.3, 0.4) is 0 Å². The molecule has 0 saturated carbocycles. The van der Waals surface area contributed by atoms with E-state index in [-0.39, 0.29) is 0 Å². The Balaban J connectivity index is 1.61. The quantitative estimate of drug-likeness (QED) is 0.766. The van der Waals surface area contributed by atoms with Crippen molar-refractivity contribution in [2.75, 3.05) is 16.8 Å². The SMILES string of the molecule is Cc1c(C#N)nnc(N2CCc3ncc(Nc4ccnn4C)cc3C2)c1C. The van der Waals surface area contributed by atoms with Crippen LogP contribution >= 0.6 is 0 Å². The van der Waals surface area contributed by atoms with Crippen molar-refractivity contribution >= 4 is 17.3 Å². The van der Waals surface area contributed by atoms with E-state index in [0.29, 0.717) is 12.2 Å². The van der Waals surface area contributed by atoms with E-state index in [1.807, 2.05) is 33.2 Å². The summed E-state index contributed by atoms with van der Waals surface area (Å²) in [5.41, 5.74) is 5.48. The molecule has 0 fully saturated rings. The Kier molecular flexibility index (Phi) is 4.20. The van der Waals surface area contributed by atoms with Crippen LogP contribution in [-0.4, -0.2) is 31.5 Å². The summed E-state index contributed by atoms with van der Waals surface area (Å²) >= 11 is 0. The number of fused-ring (bicyclic) bond motifs is 1. The first kappa shape index (κ1) is 17.0. The predicted molar refractivity (Wildman–Crippen MR) is 102 cm³/mol. The van der Waals surface area contributed by atoms with Crippen LogP contribution in [0, 0.1) is 25.2 Å². The zero-order valence-corrected chi connectivity index (χ0v) is 15.6. The van der Waals surface area contributed by atoms with E-state index in [4.69, 9.17) is 5.26 Å². The molecule has 136 valence electrons. The van der Waals surface area contributed by atoms with Crippen molar-refractivity contribution in [1.29, 1.82) is 5.26 Å². The molecule has 0 amide bonds. The zero-order chi connectivity index (χ0) is 19.0. The number of aryl methyl sites for hydroxylation is 1. The number of aromatic nitrogens is 5. The van der Waals surface area contributed by atoms with E-state index in [9.17, 15) is 0 Å². The summed E-state index contributed by atoms with van der Waals surface area (Å²) in [5.74, 6) is 1.75. The van der Waals surface area contributed by atoms with Gasteiger partial charge in [0.1, 0.15) is 11.9 Å². The lowest BCUT2D eigenvalue weighted by molar-refractivity contribution is 0.692. The molecule has 0 aliphatic carbocycles. The maximum Gasteiger partial charge on any atom is 0.166 e. The summed E-state index contributed by atoms with van der Waals surface area (Å²) in [4.78, 5) is 6.83. The summed E-state index contributed by atoms with van der Waals surface area (Å²) in [6.07, 6.45) is 4.46. The van der Waals surface area contributed by atoms with E-state index >= 15 is 0 Å². The number of rotatable bonds is 3. The number of nitrogens with zero attached hydrogens (tertiary/aromatic N) is 7. The van der Waals surface area contributed by atoms with Crippen molar-refractivity contribution in [3.63, 3.8) is 0 Å². The lowest BCUT2D eigenvalue weighted by atomic mass is 10.0. The van der Waals surface area contributed by atoms with E-state index in [0.717, 1.165) is 52.7 Å². The third-order valence-electron chi connectivity index (χ3n) is 5.04. The summed E-state index contributed by atoms with van der Waals surface area (Å²) < 4.78 is 1.78. The standard InChI is InChI=1S/C19H20N8/c1-12-13(2)19(25-24-17(12)9-20)27-7-5-16-14(11-27)8-15(10-21-16)23-18-4-6-22-26(18)3/h4,6,8,10,23H,5,7,11H2,1-3H3. The number of anilines is 3. The molecule has 1 aliphatic rings. The number of hydrogen-bond acceptors (Lipinski definition) is 7. The third-order valence-corrected chi connectivity index (χ3v) is 5.04. The molecule has 4 rings (SSSR count). The average molecular weight is 360 g/mol. The molecule has 3 aromatic heterocycles. The molecular weight excluding hydrogens is 340 g/mol. The van der Waals surface area contributed by atoms with Crippen LogP contribution < -0.4 is 10.2 Å². The van der Waals surface area contributed by atoms with Gasteiger partial charge in [-0.2, -0.15) is 10.4 Å². The highest BCUT2D eigenvalue weighted by atomic mass is 15.3. The molecule has 0 spiro atoms. The summed E-state index contributed by atoms with van der Waals surface area (Å²) in [5, 5.41) is 25.0. The molecule has 1 aliphatic heterocycles. The Labute approximate surface area is 157 Å². The second-order valence-electron chi connectivity index (χ2n) is 6.70. The molecule has 3 aromatic rings. The lowest BCUT2D eigenvalue weighted by Gasteiger charge is -2.30. The fourth-order valence-electron chi connectivity index (χ4n) is 3.32. The number of hydrogen-bond donors (Lipinski definition) is 1. The first-order valence-electron chi connectivity index (χ1n) is 8.78. The zero-order valence-electron chi connectivity index (χ0n) is 15.6. The van der Waals surface area contributed by atoms with Crippen molar-refractivity contribution in [1.82, 2.24) is 25.0 Å². The largest absolute Gasteiger partial charge is 0.350 e. The molecule has 8 nitrogen and oxygen atoms in total. The number of nitrogens with one attached hydrogen (secondary N) is 1. The van der Waals surface area contributed by atoms with Crippen LogP contribution in [0.1, 0.15) is 28.1 Å². The van der Waals surface area contributed by atoms with Gasteiger partial charge in [-0.25, -0.2) is 0 Å². The fraction of sp³-hybridized carbons (Fsp3) is 0.316. The maximum absolute atomic E-state index is 9.14. The monoisotopic (exact) mass is 360 g/mol. The van der Waals surface area contributed by atoms with E-state index in [2.05, 4.69) is 42.6 Å². The normalized spacial score (nSPS) is 13.2. The highest BCUT2D eigenvalue weighted by Gasteiger charge is 2.22. The Hall–Kier alpha value is -3.47. The Morgan fingerprint density at radius 3 is 2.81 bits per heavy atom. The topological polar surface area (TPSA) is 95.6 Å². The van der Waals surface area contributed by atoms with Gasteiger partial charge in [-0.1, -0.05) is 0 Å². The highest BCUT2D eigenvalue weighted by molar-refractivity contribution is 5.58. The van der Waals surface area contributed by atoms with Crippen LogP contribution in [0.5, 0.6) is 0 Å². The van der Waals surface area contributed by atoms with Crippen LogP contribution in [0.2, 0.25) is 0 Å². The summed E-state index contributed by atoms with van der Waals surface area (Å²) in [6, 6.07) is 6.14. The van der Waals surface area contributed by atoms with Gasteiger partial charge in [0, 0.05) is 38.3 Å². The summed E-state index contributed by atoms with van der Waals surface area (Å²) in [6.45, 7) is 5.45. The second kappa shape index (κ2) is 6.68. The second-order valence-corrected chi connectivity index (χ2v) is 6.70. The van der Waals surface area contributed by atoms with Gasteiger partial charge in [0.05, 0.1) is 18.1 Å². The molecule has 0 unspecified atom stereocenters. The van der Waals surface area contributed by atoms with Gasteiger partial charge < -0.3 is 10.2 Å². The third kappa shape index (κ3) is 3.08. The molecule has 27 heavy (non-hydrogen) atoms. The van der Waals surface area contributed by atoms with E-state index in [1.54, 1.807) is 10.9 Å². The highest BCUT2D eigenvalue weighted by Crippen LogP contribution is 2.28. The predicted octanol–water partition coefficient (Wildman–Crippen LogP) is 2.40. The van der Waals surface area contributed by atoms with Crippen LogP contribution in [0.4, 0.5) is 17.3 Å². The first-order valence-corrected chi connectivity index (χ1v) is 8.78. The minimum absolute atomic E-state index is 0.387. The minimum Gasteiger partial charge on any atom is -0.350 e. The van der Waals surface area contributed by atoms with Crippen molar-refractivity contribution in [3.05, 3.63) is 52.6 Å². The fourth-order valence-corrected chi connectivity index (χ4v) is 3.32. The molecule has 1 N–H and O–H groups in total. The van der Waals surface area contributed by atoms with Crippen molar-refractivity contribution in [3.8, 4) is 6.07 Å². The van der Waals surface area contributed by atoms with Gasteiger partial charge in [0.2, 0.25) is 0 Å². The molecule has 8 heteroatoms. The lowest BCUT2D eigenvalue weighted by Crippen LogP contribution is -2.32. The van der Waals surface area contributed by atoms with Gasteiger partial charge in [-0.3, -0.25) is 9.67 Å². The Morgan fingerprint density at radius 1 is 1.22 bits per heavy atom. The van der Waals surface area contributed by atoms with Crippen LogP contribution in [0.25, 0.3) is 0 Å². The van der Waals surface area contributed by atoms with Crippen molar-refractivity contribution < 1.29 is 0 Å². The number of nitriles is 1. The van der Waals surface area contributed by atoms with Gasteiger partial charge in [0.25, 0.3) is 0 Å². The molecular formula is C19H20N8. The molecule has 4 heterocycles. The molecule has 0 bridgehead atoms. The smallest absolute Gasteiger partial charge is 0.166 e. The van der Waals surface area contributed by atoms with Gasteiger partial charge in [-0.15, -0.1) is 10.2 Å². The van der Waals surface area contributed by atoms with E-state index < -0.39 is 0 Å². The van der Waals surface area contributed by atoms with Crippen LogP contribution in [-0.2, 0) is 20.0 Å². The molecule has 0 atom stereocenters. The Morgan fingerprint density at radius 2 is 2.07 bits per heavy atom. The van der Waals surface area contributed by atoms with Crippen molar-refractivity contribution in [2.24, 2.45) is 7.05 Å². The van der Waals surface area contributed by atoms with Gasteiger partial charge >= 0.3 is 0 Å². The summed E-state index contributed by atoms with van der Waals surface area (Å²) in [7, 11) is 1.89. The van der Waals surface area contributed by atoms with Crippen LogP contribution in [0.15, 0.2) is 24.5 Å². The molecule has 0 aromatic carbocycles. The number of pyridine rings is 1. The van der Waals surface area contributed by atoms with Gasteiger partial charge in [-0.05, 0) is 36.6 Å². The maximum atomic E-state index is 9.14. The molecule has 0 saturated heterocycles. The molecule has 0 radical (unpaired) electrons. The van der Waals surface area contributed by atoms with Gasteiger partial charge in [0.15, 0.2) is 11.5 Å². The Bertz CT molecular complexity index is 1050. The van der Waals surface area contributed by atoms with E-state index in [1.165, 1.54) is 0 Å². The van der Waals surface area contributed by atoms with Crippen molar-refractivity contribution in [2.45, 2.75) is 26.8 Å². The average Bonchev–Trinajstić information content (AvgIpc) is 3.08. The minimum atomic E-state index is 0.387. The first-order chi connectivity index (χ1) is 13.1.